The van der Waals surface area contributed by atoms with Crippen LogP contribution in [-0.2, 0) is 14.2 Å². The SMILES string of the molecule is C/C(=C\c1ccc(O)c2ccccc12)CC[C@H]1OB(O)C[C@H]2C1=C(C(C)C)C[C@H]1C(=O)N(c3ccc(Nc4ccccc4)cc3)C(=O)[C@H]12. The molecule has 0 aromatic heterocycles. The van der Waals surface area contributed by atoms with Gasteiger partial charge in [-0.3, -0.25) is 14.5 Å². The number of imide groups is 1. The number of nitrogens with one attached hydrogen (secondary N) is 1. The molecule has 4 aromatic rings. The van der Waals surface area contributed by atoms with Gasteiger partial charge in [-0.1, -0.05) is 79.6 Å². The van der Waals surface area contributed by atoms with Gasteiger partial charge in [-0.05, 0) is 103 Å². The van der Waals surface area contributed by atoms with Gasteiger partial charge in [-0.15, -0.1) is 0 Å². The third kappa shape index (κ3) is 5.95. The predicted molar refractivity (Wildman–Crippen MR) is 192 cm³/mol. The summed E-state index contributed by atoms with van der Waals surface area (Å²) in [6.07, 6.45) is 3.99. The monoisotopic (exact) mass is 640 g/mol. The molecule has 0 bridgehead atoms. The average molecular weight is 641 g/mol. The smallest absolute Gasteiger partial charge is 0.455 e. The third-order valence-corrected chi connectivity index (χ3v) is 10.3. The highest BCUT2D eigenvalue weighted by Crippen LogP contribution is 2.52. The molecule has 2 aliphatic heterocycles. The van der Waals surface area contributed by atoms with E-state index in [0.29, 0.717) is 24.8 Å². The Labute approximate surface area is 282 Å². The summed E-state index contributed by atoms with van der Waals surface area (Å²) in [5.74, 6) is -1.17. The summed E-state index contributed by atoms with van der Waals surface area (Å²) in [5, 5.41) is 26.5. The first-order valence-electron chi connectivity index (χ1n) is 16.9. The number of aromatic hydroxyl groups is 1. The van der Waals surface area contributed by atoms with Gasteiger partial charge in [0.15, 0.2) is 0 Å². The fourth-order valence-corrected chi connectivity index (χ4v) is 8.01. The number of benzene rings is 4. The molecule has 1 aliphatic carbocycles. The highest BCUT2D eigenvalue weighted by atomic mass is 16.5. The van der Waals surface area contributed by atoms with Crippen LogP contribution in [-0.4, -0.2) is 35.2 Å². The van der Waals surface area contributed by atoms with Gasteiger partial charge in [0, 0.05) is 16.8 Å². The molecule has 2 fully saturated rings. The van der Waals surface area contributed by atoms with Crippen molar-refractivity contribution in [3.05, 3.63) is 113 Å². The van der Waals surface area contributed by atoms with Crippen LogP contribution in [0.15, 0.2) is 108 Å². The summed E-state index contributed by atoms with van der Waals surface area (Å²) in [7, 11) is -1.01. The van der Waals surface area contributed by atoms with E-state index in [4.69, 9.17) is 4.65 Å². The molecule has 4 aromatic carbocycles. The molecule has 2 heterocycles. The van der Waals surface area contributed by atoms with Crippen LogP contribution in [0.25, 0.3) is 16.8 Å². The average Bonchev–Trinajstić information content (AvgIpc) is 3.34. The van der Waals surface area contributed by atoms with E-state index in [0.717, 1.165) is 45.3 Å². The molecular formula is C40H41BN2O5. The van der Waals surface area contributed by atoms with Crippen LogP contribution in [0.3, 0.4) is 0 Å². The van der Waals surface area contributed by atoms with Gasteiger partial charge in [0.2, 0.25) is 11.8 Å². The Morgan fingerprint density at radius 1 is 0.917 bits per heavy atom. The summed E-state index contributed by atoms with van der Waals surface area (Å²) in [5.41, 5.74) is 6.85. The van der Waals surface area contributed by atoms with Gasteiger partial charge in [0.1, 0.15) is 5.75 Å². The van der Waals surface area contributed by atoms with Crippen molar-refractivity contribution in [2.45, 2.75) is 52.5 Å². The Morgan fingerprint density at radius 3 is 2.33 bits per heavy atom. The Hall–Kier alpha value is -4.66. The van der Waals surface area contributed by atoms with E-state index in [2.05, 4.69) is 32.2 Å². The van der Waals surface area contributed by atoms with Crippen molar-refractivity contribution in [3.8, 4) is 5.75 Å². The van der Waals surface area contributed by atoms with Crippen molar-refractivity contribution in [1.29, 1.82) is 0 Å². The molecule has 0 spiro atoms. The zero-order valence-electron chi connectivity index (χ0n) is 27.6. The van der Waals surface area contributed by atoms with Crippen molar-refractivity contribution in [2.75, 3.05) is 10.2 Å². The molecule has 4 atom stereocenters. The quantitative estimate of drug-likeness (QED) is 0.102. The molecule has 2 saturated heterocycles. The minimum absolute atomic E-state index is 0.164. The number of fused-ring (bicyclic) bond motifs is 4. The Kier molecular flexibility index (Phi) is 8.71. The molecule has 3 N–H and O–H groups in total. The lowest BCUT2D eigenvalue weighted by atomic mass is 9.57. The molecule has 8 heteroatoms. The van der Waals surface area contributed by atoms with Crippen LogP contribution < -0.4 is 10.2 Å². The molecule has 7 rings (SSSR count). The van der Waals surface area contributed by atoms with Gasteiger partial charge in [0.05, 0.1) is 23.6 Å². The number of phenolic OH excluding ortho intramolecular Hbond substituents is 1. The minimum atomic E-state index is -1.01. The molecule has 0 unspecified atom stereocenters. The summed E-state index contributed by atoms with van der Waals surface area (Å²) in [4.78, 5) is 29.5. The topological polar surface area (TPSA) is 99.1 Å². The highest BCUT2D eigenvalue weighted by molar-refractivity contribution is 6.43. The molecule has 0 saturated carbocycles. The number of hydrogen-bond donors (Lipinski definition) is 3. The molecular weight excluding hydrogens is 599 g/mol. The number of anilines is 3. The van der Waals surface area contributed by atoms with E-state index < -0.39 is 19.0 Å². The number of phenols is 1. The lowest BCUT2D eigenvalue weighted by Gasteiger charge is -2.44. The molecule has 7 nitrogen and oxygen atoms in total. The normalized spacial score (nSPS) is 22.8. The zero-order chi connectivity index (χ0) is 33.5. The lowest BCUT2D eigenvalue weighted by Crippen LogP contribution is -2.46. The van der Waals surface area contributed by atoms with Gasteiger partial charge < -0.3 is 20.1 Å². The maximum atomic E-state index is 14.2. The van der Waals surface area contributed by atoms with Crippen molar-refractivity contribution in [2.24, 2.45) is 23.7 Å². The fourth-order valence-electron chi connectivity index (χ4n) is 8.01. The summed E-state index contributed by atoms with van der Waals surface area (Å²) >= 11 is 0. The molecule has 3 aliphatic rings. The van der Waals surface area contributed by atoms with Gasteiger partial charge in [-0.25, -0.2) is 0 Å². The number of amides is 2. The Bertz CT molecular complexity index is 1920. The Morgan fingerprint density at radius 2 is 1.60 bits per heavy atom. The second-order valence-corrected chi connectivity index (χ2v) is 13.7. The third-order valence-electron chi connectivity index (χ3n) is 10.3. The van der Waals surface area contributed by atoms with Crippen molar-refractivity contribution >= 4 is 52.8 Å². The maximum absolute atomic E-state index is 14.2. The maximum Gasteiger partial charge on any atom is 0.455 e. The van der Waals surface area contributed by atoms with Crippen LogP contribution >= 0.6 is 0 Å². The Balaban J connectivity index is 1.13. The van der Waals surface area contributed by atoms with Crippen LogP contribution in [0.1, 0.15) is 45.6 Å². The number of rotatable bonds is 8. The van der Waals surface area contributed by atoms with E-state index in [1.54, 1.807) is 6.07 Å². The summed E-state index contributed by atoms with van der Waals surface area (Å²) < 4.78 is 6.23. The number of carbonyl (C=O) groups is 2. The second-order valence-electron chi connectivity index (χ2n) is 13.7. The van der Waals surface area contributed by atoms with Gasteiger partial charge >= 0.3 is 7.12 Å². The standard InChI is InChI=1S/C40H41BN2O5/c1-24(2)32-22-33-38(40(46)43(39(33)45)29-17-15-28(16-18-29)42-27-9-5-4-6-10-27)34-23-41(47)48-36(37(32)34)20-13-25(3)21-26-14-19-35(44)31-12-8-7-11-30(26)31/h4-12,14-19,21,24,33-34,36,38,42,44,47H,13,20,22-23H2,1-3H3/b25-21+/t33-,34+,36-,38-/m1/s1. The summed E-state index contributed by atoms with van der Waals surface area (Å²) in [6.45, 7) is 6.37. The van der Waals surface area contributed by atoms with E-state index in [-0.39, 0.29) is 35.5 Å². The lowest BCUT2D eigenvalue weighted by molar-refractivity contribution is -0.122. The summed E-state index contributed by atoms with van der Waals surface area (Å²) in [6, 6.07) is 28.7. The first-order valence-corrected chi connectivity index (χ1v) is 16.9. The molecule has 48 heavy (non-hydrogen) atoms. The van der Waals surface area contributed by atoms with E-state index in [9.17, 15) is 19.7 Å². The first kappa shape index (κ1) is 31.9. The van der Waals surface area contributed by atoms with E-state index in [1.165, 1.54) is 10.5 Å². The van der Waals surface area contributed by atoms with Crippen LogP contribution in [0.5, 0.6) is 5.75 Å². The van der Waals surface area contributed by atoms with Crippen LogP contribution in [0, 0.1) is 23.7 Å². The van der Waals surface area contributed by atoms with Gasteiger partial charge in [-0.2, -0.15) is 0 Å². The number of hydrogen-bond acceptors (Lipinski definition) is 6. The van der Waals surface area contributed by atoms with Gasteiger partial charge in [0.25, 0.3) is 0 Å². The molecule has 0 radical (unpaired) electrons. The number of para-hydroxylation sites is 1. The minimum Gasteiger partial charge on any atom is -0.507 e. The second kappa shape index (κ2) is 13.1. The predicted octanol–water partition coefficient (Wildman–Crippen LogP) is 8.13. The van der Waals surface area contributed by atoms with Crippen molar-refractivity contribution in [3.63, 3.8) is 0 Å². The largest absolute Gasteiger partial charge is 0.507 e. The zero-order valence-corrected chi connectivity index (χ0v) is 27.6. The molecule has 2 amide bonds. The number of carbonyl (C=O) groups excluding carboxylic acids is 2. The van der Waals surface area contributed by atoms with E-state index in [1.807, 2.05) is 84.9 Å². The first-order chi connectivity index (χ1) is 23.2. The van der Waals surface area contributed by atoms with Crippen LogP contribution in [0.4, 0.5) is 17.1 Å². The fraction of sp³-hybridized carbons (Fsp3) is 0.300. The van der Waals surface area contributed by atoms with E-state index >= 15 is 0 Å². The van der Waals surface area contributed by atoms with Crippen molar-refractivity contribution < 1.29 is 24.4 Å². The highest BCUT2D eigenvalue weighted by Gasteiger charge is 2.57. The van der Waals surface area contributed by atoms with Crippen LogP contribution in [0.2, 0.25) is 6.32 Å². The van der Waals surface area contributed by atoms with Crippen molar-refractivity contribution in [1.82, 2.24) is 0 Å². The number of nitrogens with zero attached hydrogens (tertiary/aromatic N) is 1. The molecule has 244 valence electrons. The number of allylic oxidation sites excluding steroid dienone is 2.